The number of carbonyl (C=O) groups excluding carboxylic acids is 1. The predicted molar refractivity (Wildman–Crippen MR) is 98.6 cm³/mol. The molecule has 1 aliphatic rings. The number of piperazine rings is 1. The summed E-state index contributed by atoms with van der Waals surface area (Å²) in [6.45, 7) is 8.28. The molecule has 1 N–H and O–H groups in total. The number of carbonyl (C=O) groups is 1. The van der Waals surface area contributed by atoms with E-state index in [0.29, 0.717) is 5.69 Å². The molecular formula is C18H23FN4OS. The molecule has 0 unspecified atom stereocenters. The van der Waals surface area contributed by atoms with Crippen molar-refractivity contribution >= 4 is 22.9 Å². The van der Waals surface area contributed by atoms with Crippen molar-refractivity contribution in [1.82, 2.24) is 15.2 Å². The minimum atomic E-state index is -0.205. The summed E-state index contributed by atoms with van der Waals surface area (Å²) in [5.41, 5.74) is 1.56. The molecule has 2 aromatic rings. The number of thiazole rings is 1. The van der Waals surface area contributed by atoms with Gasteiger partial charge in [-0.3, -0.25) is 9.69 Å². The van der Waals surface area contributed by atoms with Gasteiger partial charge >= 0.3 is 0 Å². The standard InChI is InChI=1S/C18H23FN4OS/c1-13(2)20-18(24)16-12-25-17(21-16)11-22-7-9-23(10-8-22)15-5-3-14(19)4-6-15/h3-6,12-13H,7-11H2,1-2H3,(H,20,24). The fourth-order valence-corrected chi connectivity index (χ4v) is 3.65. The Morgan fingerprint density at radius 1 is 1.24 bits per heavy atom. The Labute approximate surface area is 151 Å². The third kappa shape index (κ3) is 4.76. The van der Waals surface area contributed by atoms with Crippen molar-refractivity contribution in [3.05, 3.63) is 46.2 Å². The van der Waals surface area contributed by atoms with E-state index in [4.69, 9.17) is 0 Å². The van der Waals surface area contributed by atoms with Crippen LogP contribution in [0.2, 0.25) is 0 Å². The van der Waals surface area contributed by atoms with Crippen LogP contribution in [0.5, 0.6) is 0 Å². The van der Waals surface area contributed by atoms with Gasteiger partial charge < -0.3 is 10.2 Å². The number of anilines is 1. The van der Waals surface area contributed by atoms with Gasteiger partial charge in [0.1, 0.15) is 16.5 Å². The number of aromatic nitrogens is 1. The van der Waals surface area contributed by atoms with E-state index in [1.807, 2.05) is 31.4 Å². The number of rotatable bonds is 5. The monoisotopic (exact) mass is 362 g/mol. The highest BCUT2D eigenvalue weighted by atomic mass is 32.1. The second kappa shape index (κ2) is 7.93. The number of amides is 1. The Hall–Kier alpha value is -1.99. The summed E-state index contributed by atoms with van der Waals surface area (Å²) in [5.74, 6) is -0.318. The van der Waals surface area contributed by atoms with Gasteiger partial charge in [-0.05, 0) is 38.1 Å². The van der Waals surface area contributed by atoms with Gasteiger partial charge in [-0.1, -0.05) is 0 Å². The van der Waals surface area contributed by atoms with Crippen molar-refractivity contribution in [2.45, 2.75) is 26.4 Å². The molecule has 134 valence electrons. The summed E-state index contributed by atoms with van der Waals surface area (Å²) in [7, 11) is 0. The van der Waals surface area contributed by atoms with Crippen LogP contribution in [-0.4, -0.2) is 48.0 Å². The smallest absolute Gasteiger partial charge is 0.270 e. The molecule has 0 atom stereocenters. The lowest BCUT2D eigenvalue weighted by atomic mass is 10.2. The van der Waals surface area contributed by atoms with Crippen molar-refractivity contribution in [3.63, 3.8) is 0 Å². The maximum absolute atomic E-state index is 13.0. The van der Waals surface area contributed by atoms with E-state index >= 15 is 0 Å². The highest BCUT2D eigenvalue weighted by molar-refractivity contribution is 7.09. The van der Waals surface area contributed by atoms with E-state index < -0.39 is 0 Å². The van der Waals surface area contributed by atoms with E-state index in [1.54, 1.807) is 0 Å². The molecular weight excluding hydrogens is 339 g/mol. The third-order valence-corrected chi connectivity index (χ3v) is 4.96. The topological polar surface area (TPSA) is 48.5 Å². The van der Waals surface area contributed by atoms with Crippen molar-refractivity contribution < 1.29 is 9.18 Å². The van der Waals surface area contributed by atoms with Crippen LogP contribution in [0.15, 0.2) is 29.6 Å². The number of benzene rings is 1. The Morgan fingerprint density at radius 2 is 1.92 bits per heavy atom. The molecule has 7 heteroatoms. The zero-order chi connectivity index (χ0) is 17.8. The Bertz CT molecular complexity index is 708. The third-order valence-electron chi connectivity index (χ3n) is 4.13. The van der Waals surface area contributed by atoms with Crippen LogP contribution in [0, 0.1) is 5.82 Å². The van der Waals surface area contributed by atoms with E-state index in [0.717, 1.165) is 43.4 Å². The molecule has 0 bridgehead atoms. The maximum Gasteiger partial charge on any atom is 0.270 e. The van der Waals surface area contributed by atoms with Crippen molar-refractivity contribution in [2.75, 3.05) is 31.1 Å². The van der Waals surface area contributed by atoms with Gasteiger partial charge in [-0.2, -0.15) is 0 Å². The van der Waals surface area contributed by atoms with Crippen molar-refractivity contribution in [2.24, 2.45) is 0 Å². The first-order valence-corrected chi connectivity index (χ1v) is 9.37. The molecule has 1 amide bonds. The van der Waals surface area contributed by atoms with Crippen LogP contribution in [0.1, 0.15) is 29.3 Å². The van der Waals surface area contributed by atoms with Crippen molar-refractivity contribution in [1.29, 1.82) is 0 Å². The summed E-state index contributed by atoms with van der Waals surface area (Å²) >= 11 is 1.53. The maximum atomic E-state index is 13.0. The predicted octanol–water partition coefficient (Wildman–Crippen LogP) is 2.74. The molecule has 1 saturated heterocycles. The van der Waals surface area contributed by atoms with Gasteiger partial charge in [0, 0.05) is 43.3 Å². The number of halogens is 1. The van der Waals surface area contributed by atoms with Crippen molar-refractivity contribution in [3.8, 4) is 0 Å². The summed E-state index contributed by atoms with van der Waals surface area (Å²) in [4.78, 5) is 21.0. The normalized spacial score (nSPS) is 15.6. The van der Waals surface area contributed by atoms with Crippen LogP contribution in [0.3, 0.4) is 0 Å². The van der Waals surface area contributed by atoms with Crippen LogP contribution in [0.4, 0.5) is 10.1 Å². The van der Waals surface area contributed by atoms with E-state index in [1.165, 1.54) is 23.5 Å². The minimum Gasteiger partial charge on any atom is -0.369 e. The summed E-state index contributed by atoms with van der Waals surface area (Å²) < 4.78 is 13.0. The lowest BCUT2D eigenvalue weighted by Crippen LogP contribution is -2.45. The first-order chi connectivity index (χ1) is 12.0. The van der Waals surface area contributed by atoms with E-state index in [9.17, 15) is 9.18 Å². The Kier molecular flexibility index (Phi) is 5.65. The summed E-state index contributed by atoms with van der Waals surface area (Å²) in [6, 6.07) is 6.76. The zero-order valence-electron chi connectivity index (χ0n) is 14.5. The lowest BCUT2D eigenvalue weighted by molar-refractivity contribution is 0.0938. The highest BCUT2D eigenvalue weighted by Gasteiger charge is 2.19. The largest absolute Gasteiger partial charge is 0.369 e. The molecule has 1 aromatic carbocycles. The molecule has 0 saturated carbocycles. The van der Waals surface area contributed by atoms with Gasteiger partial charge in [0.25, 0.3) is 5.91 Å². The molecule has 5 nitrogen and oxygen atoms in total. The van der Waals surface area contributed by atoms with Crippen LogP contribution < -0.4 is 10.2 Å². The second-order valence-corrected chi connectivity index (χ2v) is 7.44. The lowest BCUT2D eigenvalue weighted by Gasteiger charge is -2.35. The first-order valence-electron chi connectivity index (χ1n) is 8.49. The molecule has 2 heterocycles. The van der Waals surface area contributed by atoms with Gasteiger partial charge in [0.15, 0.2) is 0 Å². The van der Waals surface area contributed by atoms with Gasteiger partial charge in [0.2, 0.25) is 0 Å². The van der Waals surface area contributed by atoms with Gasteiger partial charge in [0.05, 0.1) is 6.54 Å². The molecule has 3 rings (SSSR count). The van der Waals surface area contributed by atoms with E-state index in [2.05, 4.69) is 20.1 Å². The summed E-state index contributed by atoms with van der Waals surface area (Å²) in [6.07, 6.45) is 0. The first kappa shape index (κ1) is 17.8. The number of hydrogen-bond donors (Lipinski definition) is 1. The molecule has 0 radical (unpaired) electrons. The average Bonchev–Trinajstić information content (AvgIpc) is 3.04. The zero-order valence-corrected chi connectivity index (χ0v) is 15.4. The molecule has 1 fully saturated rings. The molecule has 1 aromatic heterocycles. The molecule has 1 aliphatic heterocycles. The number of hydrogen-bond acceptors (Lipinski definition) is 5. The van der Waals surface area contributed by atoms with E-state index in [-0.39, 0.29) is 17.8 Å². The molecule has 0 spiro atoms. The number of nitrogens with one attached hydrogen (secondary N) is 1. The van der Waals surface area contributed by atoms with Crippen LogP contribution in [-0.2, 0) is 6.54 Å². The van der Waals surface area contributed by atoms with Crippen LogP contribution in [0.25, 0.3) is 0 Å². The average molecular weight is 362 g/mol. The van der Waals surface area contributed by atoms with Gasteiger partial charge in [-0.15, -0.1) is 11.3 Å². The van der Waals surface area contributed by atoms with Crippen LogP contribution >= 0.6 is 11.3 Å². The molecule has 25 heavy (non-hydrogen) atoms. The SMILES string of the molecule is CC(C)NC(=O)c1csc(CN2CCN(c3ccc(F)cc3)CC2)n1. The Balaban J connectivity index is 1.51. The number of nitrogens with zero attached hydrogens (tertiary/aromatic N) is 3. The minimum absolute atomic E-state index is 0.109. The highest BCUT2D eigenvalue weighted by Crippen LogP contribution is 2.19. The summed E-state index contributed by atoms with van der Waals surface area (Å²) in [5, 5.41) is 5.65. The fraction of sp³-hybridized carbons (Fsp3) is 0.444. The van der Waals surface area contributed by atoms with Gasteiger partial charge in [-0.25, -0.2) is 9.37 Å². The quantitative estimate of drug-likeness (QED) is 0.889. The Morgan fingerprint density at radius 3 is 2.56 bits per heavy atom. The molecule has 0 aliphatic carbocycles. The second-order valence-electron chi connectivity index (χ2n) is 6.49. The fourth-order valence-electron chi connectivity index (χ4n) is 2.83.